The van der Waals surface area contributed by atoms with E-state index in [2.05, 4.69) is 47.6 Å². The molecule has 0 aliphatic heterocycles. The Morgan fingerprint density at radius 3 is 2.31 bits per heavy atom. The molecular weight excluding hydrogens is 524 g/mol. The molecule has 4 fully saturated rings. The number of ketones is 2. The van der Waals surface area contributed by atoms with Crippen molar-refractivity contribution in [3.05, 3.63) is 11.6 Å². The van der Waals surface area contributed by atoms with Crippen molar-refractivity contribution in [2.75, 3.05) is 13.9 Å². The highest BCUT2D eigenvalue weighted by Gasteiger charge is 2.71. The maximum Gasteiger partial charge on any atom is 0.159 e. The SMILES string of the molecule is CCCCC(OCOC)[C@]12CCC(C)(C)C[C@H]1[C@H]1C(=O)C=C3[C@@]4(C)CC(C=O)C(=O)C(C)(C)[C@@H]4CC[C@@]3(C)[C@]1(C)CC2. The number of aldehydes is 1. The van der Waals surface area contributed by atoms with Gasteiger partial charge < -0.3 is 14.3 Å². The van der Waals surface area contributed by atoms with Crippen molar-refractivity contribution >= 4 is 17.9 Å². The molecule has 0 amide bonds. The lowest BCUT2D eigenvalue weighted by atomic mass is 9.33. The van der Waals surface area contributed by atoms with Crippen molar-refractivity contribution in [1.82, 2.24) is 0 Å². The molecule has 0 radical (unpaired) electrons. The quantitative estimate of drug-likeness (QED) is 0.164. The van der Waals surface area contributed by atoms with Gasteiger partial charge in [-0.2, -0.15) is 0 Å². The minimum Gasteiger partial charge on any atom is -0.359 e. The molecule has 0 aromatic carbocycles. The Morgan fingerprint density at radius 1 is 0.976 bits per heavy atom. The minimum atomic E-state index is -0.597. The molecule has 9 atom stereocenters. The molecule has 5 heteroatoms. The minimum absolute atomic E-state index is 0.0201. The normalized spacial score (nSPS) is 44.6. The Hall–Kier alpha value is -1.33. The Balaban J connectivity index is 1.63. The summed E-state index contributed by atoms with van der Waals surface area (Å²) in [7, 11) is 1.71. The first-order valence-corrected chi connectivity index (χ1v) is 16.9. The van der Waals surface area contributed by atoms with E-state index in [9.17, 15) is 14.4 Å². The number of carbonyl (C=O) groups is 3. The van der Waals surface area contributed by atoms with E-state index in [1.54, 1.807) is 7.11 Å². The summed E-state index contributed by atoms with van der Waals surface area (Å²) in [5.41, 5.74) is 0.149. The highest BCUT2D eigenvalue weighted by Crippen LogP contribution is 2.75. The summed E-state index contributed by atoms with van der Waals surface area (Å²) in [6, 6.07) is 0. The molecule has 5 aliphatic rings. The van der Waals surface area contributed by atoms with Crippen molar-refractivity contribution in [1.29, 1.82) is 0 Å². The van der Waals surface area contributed by atoms with E-state index in [0.717, 1.165) is 70.5 Å². The second kappa shape index (κ2) is 10.6. The van der Waals surface area contributed by atoms with Gasteiger partial charge in [-0.25, -0.2) is 0 Å². The van der Waals surface area contributed by atoms with Gasteiger partial charge in [0.05, 0.1) is 12.0 Å². The first-order chi connectivity index (χ1) is 19.6. The van der Waals surface area contributed by atoms with Gasteiger partial charge in [-0.3, -0.25) is 9.59 Å². The van der Waals surface area contributed by atoms with E-state index in [1.807, 2.05) is 13.8 Å². The molecule has 42 heavy (non-hydrogen) atoms. The van der Waals surface area contributed by atoms with Crippen LogP contribution in [0.2, 0.25) is 0 Å². The number of ether oxygens (including phenoxy) is 2. The highest BCUT2D eigenvalue weighted by atomic mass is 16.7. The average molecular weight is 583 g/mol. The predicted molar refractivity (Wildman–Crippen MR) is 166 cm³/mol. The molecular formula is C37H58O5. The average Bonchev–Trinajstić information content (AvgIpc) is 2.92. The molecule has 5 aliphatic carbocycles. The number of carbonyl (C=O) groups excluding carboxylic acids is 3. The fourth-order valence-electron chi connectivity index (χ4n) is 11.8. The van der Waals surface area contributed by atoms with Crippen LogP contribution in [0, 0.1) is 56.2 Å². The smallest absolute Gasteiger partial charge is 0.159 e. The Bertz CT molecular complexity index is 1130. The molecule has 0 bridgehead atoms. The molecule has 0 aromatic rings. The number of allylic oxidation sites excluding steroid dienone is 2. The van der Waals surface area contributed by atoms with E-state index in [1.165, 1.54) is 5.57 Å². The number of rotatable bonds is 8. The molecule has 0 spiro atoms. The van der Waals surface area contributed by atoms with Gasteiger partial charge in [0.25, 0.3) is 0 Å². The van der Waals surface area contributed by atoms with E-state index < -0.39 is 11.3 Å². The third kappa shape index (κ3) is 4.40. The molecule has 4 saturated carbocycles. The topological polar surface area (TPSA) is 69.7 Å². The standard InChI is InChI=1S/C37H58O5/c1-10-11-12-29(42-23-41-9)37-17-15-32(2,3)21-25(37)30-26(39)19-28-34(6)20-24(22-38)31(40)33(4,5)27(34)13-14-35(28,7)36(30,8)16-18-37/h19,22,24-25,27,29-30H,10-18,20-21,23H2,1-9H3/t24?,25-,27-,29?,30-,34-,35+,36+,37-/m0/s1. The van der Waals surface area contributed by atoms with Crippen LogP contribution < -0.4 is 0 Å². The zero-order valence-electron chi connectivity index (χ0n) is 28.1. The van der Waals surface area contributed by atoms with Crippen molar-refractivity contribution < 1.29 is 23.9 Å². The van der Waals surface area contributed by atoms with Crippen LogP contribution in [-0.4, -0.2) is 37.9 Å². The molecule has 0 heterocycles. The van der Waals surface area contributed by atoms with Crippen LogP contribution in [0.4, 0.5) is 0 Å². The van der Waals surface area contributed by atoms with Crippen LogP contribution in [0.25, 0.3) is 0 Å². The molecule has 0 saturated heterocycles. The number of hydrogen-bond donors (Lipinski definition) is 0. The van der Waals surface area contributed by atoms with E-state index in [0.29, 0.717) is 13.2 Å². The Labute approximate surface area is 255 Å². The molecule has 5 rings (SSSR count). The van der Waals surface area contributed by atoms with E-state index >= 15 is 0 Å². The zero-order chi connectivity index (χ0) is 30.9. The number of methoxy groups -OCH3 is 1. The molecule has 0 aromatic heterocycles. The second-order valence-electron chi connectivity index (χ2n) is 17.1. The van der Waals surface area contributed by atoms with Gasteiger partial charge in [-0.1, -0.05) is 73.8 Å². The Morgan fingerprint density at radius 2 is 1.67 bits per heavy atom. The van der Waals surface area contributed by atoms with Gasteiger partial charge in [0.2, 0.25) is 0 Å². The summed E-state index contributed by atoms with van der Waals surface area (Å²) in [5, 5.41) is 0. The van der Waals surface area contributed by atoms with Crippen LogP contribution >= 0.6 is 0 Å². The van der Waals surface area contributed by atoms with E-state index in [4.69, 9.17) is 9.47 Å². The zero-order valence-corrected chi connectivity index (χ0v) is 28.1. The highest BCUT2D eigenvalue weighted by molar-refractivity contribution is 5.99. The van der Waals surface area contributed by atoms with Gasteiger partial charge in [0, 0.05) is 23.9 Å². The van der Waals surface area contributed by atoms with Gasteiger partial charge in [0.15, 0.2) is 5.78 Å². The maximum atomic E-state index is 14.8. The van der Waals surface area contributed by atoms with Gasteiger partial charge in [-0.05, 0) is 97.4 Å². The molecule has 5 nitrogen and oxygen atoms in total. The second-order valence-corrected chi connectivity index (χ2v) is 17.1. The van der Waals surface area contributed by atoms with Gasteiger partial charge in [0.1, 0.15) is 18.9 Å². The van der Waals surface area contributed by atoms with Crippen molar-refractivity contribution in [2.45, 2.75) is 132 Å². The van der Waals surface area contributed by atoms with Crippen LogP contribution in [-0.2, 0) is 23.9 Å². The number of unbranched alkanes of at least 4 members (excludes halogenated alkanes) is 1. The maximum absolute atomic E-state index is 14.8. The van der Waals surface area contributed by atoms with Crippen LogP contribution in [0.15, 0.2) is 11.6 Å². The summed E-state index contributed by atoms with van der Waals surface area (Å²) in [6.45, 7) is 18.6. The molecule has 0 N–H and O–H groups in total. The lowest BCUT2D eigenvalue weighted by Gasteiger charge is -2.70. The molecule has 2 unspecified atom stereocenters. The fraction of sp³-hybridized carbons (Fsp3) is 0.865. The van der Waals surface area contributed by atoms with E-state index in [-0.39, 0.29) is 62.5 Å². The van der Waals surface area contributed by atoms with Crippen LogP contribution in [0.3, 0.4) is 0 Å². The van der Waals surface area contributed by atoms with Crippen molar-refractivity contribution in [3.63, 3.8) is 0 Å². The largest absolute Gasteiger partial charge is 0.359 e. The molecule has 236 valence electrons. The van der Waals surface area contributed by atoms with Crippen LogP contribution in [0.1, 0.15) is 126 Å². The Kier molecular flexibility index (Phi) is 8.13. The first kappa shape index (κ1) is 32.1. The number of Topliss-reactive ketones (excluding diaryl/α,β-unsaturated/α-hetero) is 1. The summed E-state index contributed by atoms with van der Waals surface area (Å²) in [5.74, 6) is 0.126. The van der Waals surface area contributed by atoms with Crippen molar-refractivity contribution in [3.8, 4) is 0 Å². The van der Waals surface area contributed by atoms with Crippen molar-refractivity contribution in [2.24, 2.45) is 56.2 Å². The summed E-state index contributed by atoms with van der Waals surface area (Å²) in [6.07, 6.45) is 14.2. The number of fused-ring (bicyclic) bond motifs is 7. The van der Waals surface area contributed by atoms with Gasteiger partial charge >= 0.3 is 0 Å². The third-order valence-corrected chi connectivity index (χ3v) is 14.2. The van der Waals surface area contributed by atoms with Gasteiger partial charge in [-0.15, -0.1) is 0 Å². The lowest BCUT2D eigenvalue weighted by molar-refractivity contribution is -0.216. The number of hydrogen-bond acceptors (Lipinski definition) is 5. The summed E-state index contributed by atoms with van der Waals surface area (Å²) >= 11 is 0. The predicted octanol–water partition coefficient (Wildman–Crippen LogP) is 8.14. The first-order valence-electron chi connectivity index (χ1n) is 16.9. The van der Waals surface area contributed by atoms with Crippen LogP contribution in [0.5, 0.6) is 0 Å². The lowest BCUT2D eigenvalue weighted by Crippen LogP contribution is -2.67. The summed E-state index contributed by atoms with van der Waals surface area (Å²) < 4.78 is 12.0. The fourth-order valence-corrected chi connectivity index (χ4v) is 11.8. The summed E-state index contributed by atoms with van der Waals surface area (Å²) in [4.78, 5) is 40.4. The third-order valence-electron chi connectivity index (χ3n) is 14.2. The monoisotopic (exact) mass is 582 g/mol.